The zero-order valence-corrected chi connectivity index (χ0v) is 13.3. The first kappa shape index (κ1) is 13.9. The first-order valence-corrected chi connectivity index (χ1v) is 10.7. The number of benzene rings is 1. The number of hydrogen-bond acceptors (Lipinski definition) is 1. The van der Waals surface area contributed by atoms with Crippen LogP contribution < -0.4 is 4.74 Å². The molecule has 0 saturated heterocycles. The molecular weight excluding hydrogens is 385 g/mol. The average Bonchev–Trinajstić information content (AvgIpc) is 2.14. The van der Waals surface area contributed by atoms with Crippen LogP contribution in [0.4, 0.5) is 0 Å². The molecule has 6 heteroatoms. The van der Waals surface area contributed by atoms with Gasteiger partial charge in [0.15, 0.2) is 0 Å². The van der Waals surface area contributed by atoms with Gasteiger partial charge < -0.3 is 4.74 Å². The molecule has 0 aromatic heterocycles. The first-order chi connectivity index (χ1) is 6.97. The molecule has 0 unspecified atom stereocenters. The van der Waals surface area contributed by atoms with Gasteiger partial charge in [-0.05, 0) is 59.3 Å². The maximum Gasteiger partial charge on any atom is 0.341 e. The number of ether oxygens (including phenoxy) is 1. The molecule has 1 nitrogen and oxygen atoms in total. The standard InChI is InChI=1S/C9H10Cl3IOSi/c10-15(11,12)7-1-6-14-9-4-2-8(13)3-5-9/h2-5H,1,6-7H2. The van der Waals surface area contributed by atoms with Crippen molar-refractivity contribution >= 4 is 61.8 Å². The van der Waals surface area contributed by atoms with E-state index >= 15 is 0 Å². The first-order valence-electron chi connectivity index (χ1n) is 4.42. The predicted molar refractivity (Wildman–Crippen MR) is 77.4 cm³/mol. The van der Waals surface area contributed by atoms with Crippen LogP contribution in [0, 0.1) is 3.57 Å². The highest BCUT2D eigenvalue weighted by atomic mass is 127. The van der Waals surface area contributed by atoms with Gasteiger partial charge in [-0.15, -0.1) is 33.2 Å². The molecule has 1 rings (SSSR count). The van der Waals surface area contributed by atoms with Crippen LogP contribution in [0.2, 0.25) is 6.04 Å². The third-order valence-electron chi connectivity index (χ3n) is 1.69. The van der Waals surface area contributed by atoms with E-state index in [0.29, 0.717) is 12.7 Å². The van der Waals surface area contributed by atoms with Crippen molar-refractivity contribution in [2.24, 2.45) is 0 Å². The quantitative estimate of drug-likeness (QED) is 0.304. The molecule has 1 aromatic rings. The van der Waals surface area contributed by atoms with Gasteiger partial charge in [0.05, 0.1) is 6.61 Å². The second-order valence-corrected chi connectivity index (χ2v) is 13.5. The van der Waals surface area contributed by atoms with Gasteiger partial charge in [0.2, 0.25) is 0 Å². The molecule has 0 spiro atoms. The number of halogens is 4. The third kappa shape index (κ3) is 6.89. The average molecular weight is 396 g/mol. The topological polar surface area (TPSA) is 9.23 Å². The summed E-state index contributed by atoms with van der Waals surface area (Å²) in [5, 5.41) is 0. The third-order valence-corrected chi connectivity index (χ3v) is 5.03. The second kappa shape index (κ2) is 6.54. The van der Waals surface area contributed by atoms with E-state index < -0.39 is 6.00 Å². The molecule has 0 atom stereocenters. The summed E-state index contributed by atoms with van der Waals surface area (Å²) in [7, 11) is 0. The Morgan fingerprint density at radius 2 is 1.73 bits per heavy atom. The molecule has 1 aromatic carbocycles. The fourth-order valence-electron chi connectivity index (χ4n) is 0.993. The lowest BCUT2D eigenvalue weighted by Crippen LogP contribution is -2.10. The van der Waals surface area contributed by atoms with E-state index in [1.807, 2.05) is 24.3 Å². The van der Waals surface area contributed by atoms with Gasteiger partial charge in [-0.25, -0.2) is 0 Å². The smallest absolute Gasteiger partial charge is 0.341 e. The summed E-state index contributed by atoms with van der Waals surface area (Å²) in [5.74, 6) is 0.862. The van der Waals surface area contributed by atoms with Crippen molar-refractivity contribution in [2.45, 2.75) is 12.5 Å². The fourth-order valence-corrected chi connectivity index (χ4v) is 3.10. The zero-order chi connectivity index (χ0) is 11.3. The van der Waals surface area contributed by atoms with Crippen molar-refractivity contribution in [2.75, 3.05) is 6.61 Å². The summed E-state index contributed by atoms with van der Waals surface area (Å²) >= 11 is 19.5. The van der Waals surface area contributed by atoms with E-state index in [1.165, 1.54) is 3.57 Å². The van der Waals surface area contributed by atoms with Crippen LogP contribution >= 0.6 is 55.8 Å². The lowest BCUT2D eigenvalue weighted by atomic mass is 10.3. The summed E-state index contributed by atoms with van der Waals surface area (Å²) in [4.78, 5) is 0. The molecule has 84 valence electrons. The Balaban J connectivity index is 2.23. The van der Waals surface area contributed by atoms with Crippen LogP contribution in [0.5, 0.6) is 5.75 Å². The molecule has 0 radical (unpaired) electrons. The lowest BCUT2D eigenvalue weighted by molar-refractivity contribution is 0.317. The van der Waals surface area contributed by atoms with Gasteiger partial charge in [-0.3, -0.25) is 0 Å². The largest absolute Gasteiger partial charge is 0.494 e. The van der Waals surface area contributed by atoms with Crippen LogP contribution in [0.15, 0.2) is 24.3 Å². The minimum absolute atomic E-state index is 0.599. The SMILES string of the molecule is Cl[Si](Cl)(Cl)CCCOc1ccc(I)cc1. The molecule has 0 aliphatic rings. The fraction of sp³-hybridized carbons (Fsp3) is 0.333. The monoisotopic (exact) mass is 394 g/mol. The minimum Gasteiger partial charge on any atom is -0.494 e. The Morgan fingerprint density at radius 3 is 2.27 bits per heavy atom. The van der Waals surface area contributed by atoms with Crippen molar-refractivity contribution < 1.29 is 4.74 Å². The van der Waals surface area contributed by atoms with E-state index in [9.17, 15) is 0 Å². The maximum atomic E-state index is 5.75. The summed E-state index contributed by atoms with van der Waals surface area (Å²) in [5.41, 5.74) is 0. The Hall–Kier alpha value is 0.837. The lowest BCUT2D eigenvalue weighted by Gasteiger charge is -2.08. The van der Waals surface area contributed by atoms with Crippen LogP contribution in [-0.4, -0.2) is 12.6 Å². The number of rotatable bonds is 5. The van der Waals surface area contributed by atoms with Gasteiger partial charge in [0.1, 0.15) is 5.75 Å². The van der Waals surface area contributed by atoms with Crippen LogP contribution in [0.1, 0.15) is 6.42 Å². The van der Waals surface area contributed by atoms with Gasteiger partial charge in [0.25, 0.3) is 0 Å². The van der Waals surface area contributed by atoms with E-state index in [-0.39, 0.29) is 0 Å². The highest BCUT2D eigenvalue weighted by Gasteiger charge is 2.23. The highest BCUT2D eigenvalue weighted by molar-refractivity contribution is 14.1. The molecule has 0 aliphatic carbocycles. The van der Waals surface area contributed by atoms with Crippen molar-refractivity contribution in [3.8, 4) is 5.75 Å². The van der Waals surface area contributed by atoms with Crippen LogP contribution in [-0.2, 0) is 0 Å². The van der Waals surface area contributed by atoms with Crippen LogP contribution in [0.3, 0.4) is 0 Å². The van der Waals surface area contributed by atoms with Crippen molar-refractivity contribution in [1.82, 2.24) is 0 Å². The molecule has 15 heavy (non-hydrogen) atoms. The van der Waals surface area contributed by atoms with E-state index in [2.05, 4.69) is 22.6 Å². The molecule has 0 heterocycles. The van der Waals surface area contributed by atoms with Gasteiger partial charge in [0, 0.05) is 3.57 Å². The maximum absolute atomic E-state index is 5.75. The highest BCUT2D eigenvalue weighted by Crippen LogP contribution is 2.26. The Morgan fingerprint density at radius 1 is 1.13 bits per heavy atom. The minimum atomic E-state index is -2.47. The number of hydrogen-bond donors (Lipinski definition) is 0. The Bertz CT molecular complexity index is 299. The van der Waals surface area contributed by atoms with E-state index in [4.69, 9.17) is 38.0 Å². The summed E-state index contributed by atoms with van der Waals surface area (Å²) in [6.45, 7) is 0.599. The van der Waals surface area contributed by atoms with Gasteiger partial charge >= 0.3 is 6.00 Å². The second-order valence-electron chi connectivity index (χ2n) is 3.02. The predicted octanol–water partition coefficient (Wildman–Crippen LogP) is 4.72. The van der Waals surface area contributed by atoms with E-state index in [0.717, 1.165) is 12.2 Å². The summed E-state index contributed by atoms with van der Waals surface area (Å²) < 4.78 is 6.69. The molecule has 0 amide bonds. The Kier molecular flexibility index (Phi) is 6.06. The summed E-state index contributed by atoms with van der Waals surface area (Å²) in [6, 6.07) is 6.05. The molecule has 0 N–H and O–H groups in total. The zero-order valence-electron chi connectivity index (χ0n) is 7.85. The molecule has 0 aliphatic heterocycles. The van der Waals surface area contributed by atoms with Gasteiger partial charge in [-0.1, -0.05) is 0 Å². The van der Waals surface area contributed by atoms with Crippen molar-refractivity contribution in [3.63, 3.8) is 0 Å². The normalized spacial score (nSPS) is 11.5. The van der Waals surface area contributed by atoms with Crippen molar-refractivity contribution in [1.29, 1.82) is 0 Å². The van der Waals surface area contributed by atoms with Gasteiger partial charge in [-0.2, -0.15) is 0 Å². The molecular formula is C9H10Cl3IOSi. The molecule has 0 saturated carbocycles. The molecule has 0 bridgehead atoms. The Labute approximate surface area is 118 Å². The van der Waals surface area contributed by atoms with Crippen LogP contribution in [0.25, 0.3) is 0 Å². The van der Waals surface area contributed by atoms with E-state index in [1.54, 1.807) is 0 Å². The molecule has 0 fully saturated rings. The van der Waals surface area contributed by atoms with Crippen molar-refractivity contribution in [3.05, 3.63) is 27.8 Å². The summed E-state index contributed by atoms with van der Waals surface area (Å²) in [6.07, 6.45) is 0.786.